The number of unbranched alkanes of at least 4 members (excludes halogenated alkanes) is 12. The molecule has 0 N–H and O–H groups in total. The quantitative estimate of drug-likeness (QED) is 0.0506. The molecule has 2 nitrogen and oxygen atoms in total. The van der Waals surface area contributed by atoms with Crippen molar-refractivity contribution in [2.75, 3.05) is 13.2 Å². The Morgan fingerprint density at radius 3 is 0.907 bits per heavy atom. The van der Waals surface area contributed by atoms with Crippen LogP contribution in [-0.4, -0.2) is 39.6 Å². The third-order valence-corrected chi connectivity index (χ3v) is 23.5. The van der Waals surface area contributed by atoms with E-state index in [1.165, 1.54) is 165 Å². The summed E-state index contributed by atoms with van der Waals surface area (Å²) in [5, 5.41) is 0. The van der Waals surface area contributed by atoms with Crippen molar-refractivity contribution in [1.29, 1.82) is 0 Å². The lowest BCUT2D eigenvalue weighted by molar-refractivity contribution is 0.282. The van der Waals surface area contributed by atoms with Gasteiger partial charge >= 0.3 is 0 Å². The first-order valence-corrected chi connectivity index (χ1v) is 25.7. The minimum absolute atomic E-state index is 0.735. The van der Waals surface area contributed by atoms with Gasteiger partial charge in [-0.05, 0) is 49.9 Å². The van der Waals surface area contributed by atoms with E-state index in [2.05, 4.69) is 67.2 Å². The van der Waals surface area contributed by atoms with Crippen LogP contribution in [0.5, 0.6) is 0 Å². The largest absolute Gasteiger partial charge is 0.416 e. The van der Waals surface area contributed by atoms with Crippen LogP contribution >= 0.6 is 11.8 Å². The van der Waals surface area contributed by atoms with E-state index in [1.54, 1.807) is 0 Å². The number of hydrogen-bond acceptors (Lipinski definition) is 3. The topological polar surface area (TPSA) is 18.5 Å². The van der Waals surface area contributed by atoms with Crippen LogP contribution in [0, 0.1) is 0 Å². The van der Waals surface area contributed by atoms with Crippen LogP contribution in [0.15, 0.2) is 0 Å². The van der Waals surface area contributed by atoms with Crippen molar-refractivity contribution in [3.63, 3.8) is 0 Å². The van der Waals surface area contributed by atoms with Crippen LogP contribution in [0.1, 0.15) is 197 Å². The zero-order valence-corrected chi connectivity index (χ0v) is 34.0. The van der Waals surface area contributed by atoms with Gasteiger partial charge in [-0.1, -0.05) is 171 Å². The first kappa shape index (κ1) is 43.7. The normalized spacial score (nSPS) is 14.0. The predicted molar refractivity (Wildman–Crippen MR) is 205 cm³/mol. The second kappa shape index (κ2) is 30.1. The zero-order valence-electron chi connectivity index (χ0n) is 31.2. The highest BCUT2D eigenvalue weighted by Crippen LogP contribution is 2.45. The molecule has 0 heterocycles. The Bertz CT molecular complexity index is 475. The fourth-order valence-corrected chi connectivity index (χ4v) is 21.7. The van der Waals surface area contributed by atoms with Crippen LogP contribution in [0.3, 0.4) is 0 Å². The van der Waals surface area contributed by atoms with Gasteiger partial charge in [-0.2, -0.15) is 11.8 Å². The lowest BCUT2D eigenvalue weighted by Gasteiger charge is -2.45. The molecular formula is C38H82O2SSi2. The molecule has 0 saturated carbocycles. The van der Waals surface area contributed by atoms with Gasteiger partial charge < -0.3 is 8.85 Å². The Kier molecular flexibility index (Phi) is 30.6. The summed E-state index contributed by atoms with van der Waals surface area (Å²) in [4.78, 5) is 1.47. The van der Waals surface area contributed by atoms with Gasteiger partial charge in [0.15, 0.2) is 0 Å². The summed E-state index contributed by atoms with van der Waals surface area (Å²) in [5.41, 5.74) is 0. The summed E-state index contributed by atoms with van der Waals surface area (Å²) in [7, 11) is -3.88. The molecule has 0 radical (unpaired) electrons. The lowest BCUT2D eigenvalue weighted by atomic mass is 10.3. The van der Waals surface area contributed by atoms with E-state index in [-0.39, 0.29) is 0 Å². The molecule has 0 rings (SSSR count). The second-order valence-electron chi connectivity index (χ2n) is 13.8. The summed E-state index contributed by atoms with van der Waals surface area (Å²) in [5.74, 6) is 0. The van der Waals surface area contributed by atoms with E-state index in [9.17, 15) is 0 Å². The first-order valence-electron chi connectivity index (χ1n) is 19.9. The maximum Gasteiger partial charge on any atom is 0.205 e. The summed E-state index contributed by atoms with van der Waals surface area (Å²) >= 11 is 2.51. The van der Waals surface area contributed by atoms with Gasteiger partial charge in [0, 0.05) is 23.0 Å². The van der Waals surface area contributed by atoms with Crippen molar-refractivity contribution in [3.05, 3.63) is 0 Å². The third kappa shape index (κ3) is 19.2. The highest BCUT2D eigenvalue weighted by atomic mass is 32.2. The van der Waals surface area contributed by atoms with Gasteiger partial charge in [-0.3, -0.25) is 0 Å². The molecule has 0 fully saturated rings. The number of thioether (sulfide) groups is 1. The van der Waals surface area contributed by atoms with Crippen molar-refractivity contribution in [1.82, 2.24) is 0 Å². The van der Waals surface area contributed by atoms with Gasteiger partial charge in [0.25, 0.3) is 0 Å². The number of hydrogen-bond donors (Lipinski definition) is 0. The molecule has 0 aliphatic rings. The van der Waals surface area contributed by atoms with Gasteiger partial charge in [-0.25, -0.2) is 0 Å². The SMILES string of the molecule is CCCCC[Si](CCCCC)(OCCCC)C(CCCC)SC(CCCC)[Si](CCCCC)(CCCCC)OCCCC. The first-order chi connectivity index (χ1) is 21.0. The molecular weight excluding hydrogens is 577 g/mol. The molecule has 0 saturated heterocycles. The van der Waals surface area contributed by atoms with E-state index in [1.807, 2.05) is 0 Å². The monoisotopic (exact) mass is 659 g/mol. The molecule has 2 atom stereocenters. The van der Waals surface area contributed by atoms with E-state index >= 15 is 0 Å². The smallest absolute Gasteiger partial charge is 0.205 e. The fourth-order valence-electron chi connectivity index (χ4n) is 6.79. The Morgan fingerprint density at radius 1 is 0.372 bits per heavy atom. The van der Waals surface area contributed by atoms with Gasteiger partial charge in [0.1, 0.15) is 0 Å². The summed E-state index contributed by atoms with van der Waals surface area (Å²) in [6.07, 6.45) is 29.3. The molecule has 0 aliphatic heterocycles. The highest BCUT2D eigenvalue weighted by molar-refractivity contribution is 8.03. The minimum atomic E-state index is -1.94. The van der Waals surface area contributed by atoms with E-state index in [4.69, 9.17) is 8.85 Å². The maximum atomic E-state index is 7.43. The molecule has 2 unspecified atom stereocenters. The maximum absolute atomic E-state index is 7.43. The summed E-state index contributed by atoms with van der Waals surface area (Å²) < 4.78 is 14.9. The number of rotatable bonds is 34. The van der Waals surface area contributed by atoms with Gasteiger partial charge in [-0.15, -0.1) is 0 Å². The van der Waals surface area contributed by atoms with Crippen LogP contribution in [0.4, 0.5) is 0 Å². The lowest BCUT2D eigenvalue weighted by Crippen LogP contribution is -2.54. The molecule has 5 heteroatoms. The third-order valence-electron chi connectivity index (χ3n) is 9.73. The average Bonchev–Trinajstić information content (AvgIpc) is 3.01. The molecule has 260 valence electrons. The Labute approximate surface area is 280 Å². The average molecular weight is 659 g/mol. The molecule has 0 aromatic heterocycles. The van der Waals surface area contributed by atoms with Crippen LogP contribution in [0.25, 0.3) is 0 Å². The Morgan fingerprint density at radius 2 is 0.651 bits per heavy atom. The van der Waals surface area contributed by atoms with Crippen molar-refractivity contribution in [2.45, 2.75) is 231 Å². The van der Waals surface area contributed by atoms with Gasteiger partial charge in [0.05, 0.1) is 0 Å². The fraction of sp³-hybridized carbons (Fsp3) is 1.00. The summed E-state index contributed by atoms with van der Waals surface area (Å²) in [6, 6.07) is 5.58. The van der Waals surface area contributed by atoms with Crippen molar-refractivity contribution >= 4 is 28.4 Å². The summed E-state index contributed by atoms with van der Waals surface area (Å²) in [6.45, 7) is 21.0. The van der Waals surface area contributed by atoms with E-state index in [0.717, 1.165) is 23.0 Å². The van der Waals surface area contributed by atoms with E-state index < -0.39 is 16.6 Å². The molecule has 43 heavy (non-hydrogen) atoms. The minimum Gasteiger partial charge on any atom is -0.416 e. The van der Waals surface area contributed by atoms with Crippen LogP contribution in [-0.2, 0) is 8.85 Å². The second-order valence-corrected chi connectivity index (χ2v) is 24.2. The predicted octanol–water partition coefficient (Wildman–Crippen LogP) is 14.2. The molecule has 0 aromatic rings. The molecule has 0 aliphatic carbocycles. The molecule has 0 bridgehead atoms. The van der Waals surface area contributed by atoms with Gasteiger partial charge in [0.2, 0.25) is 16.6 Å². The Balaban J connectivity index is 6.83. The molecule has 0 spiro atoms. The van der Waals surface area contributed by atoms with Crippen LogP contribution < -0.4 is 0 Å². The Hall–Kier alpha value is 0.704. The zero-order chi connectivity index (χ0) is 32.1. The van der Waals surface area contributed by atoms with E-state index in [0.29, 0.717) is 0 Å². The van der Waals surface area contributed by atoms with Crippen molar-refractivity contribution in [2.24, 2.45) is 0 Å². The van der Waals surface area contributed by atoms with Crippen molar-refractivity contribution in [3.8, 4) is 0 Å². The molecule has 0 amide bonds. The standard InChI is InChI=1S/C38H82O2SSi2/c1-9-17-25-33-42(34-26-18-10-2,39-31-23-15-7)37(29-21-13-5)41-38(30-22-14-6)43(35-27-19-11-3,36-28-20-12-4)40-32-24-16-8/h37-38H,9-36H2,1-8H3. The highest BCUT2D eigenvalue weighted by Gasteiger charge is 2.48. The molecule has 0 aromatic carbocycles. The van der Waals surface area contributed by atoms with Crippen molar-refractivity contribution < 1.29 is 8.85 Å². The van der Waals surface area contributed by atoms with Crippen LogP contribution in [0.2, 0.25) is 24.2 Å².